The van der Waals surface area contributed by atoms with Gasteiger partial charge in [-0.1, -0.05) is 23.7 Å². The average Bonchev–Trinajstić information content (AvgIpc) is 2.77. The number of anilines is 1. The van der Waals surface area contributed by atoms with Crippen LogP contribution in [0.25, 0.3) is 6.08 Å². The van der Waals surface area contributed by atoms with E-state index in [0.29, 0.717) is 11.3 Å². The van der Waals surface area contributed by atoms with E-state index >= 15 is 0 Å². The van der Waals surface area contributed by atoms with Crippen LogP contribution in [-0.4, -0.2) is 31.6 Å². The first-order valence-corrected chi connectivity index (χ1v) is 11.1. The summed E-state index contributed by atoms with van der Waals surface area (Å²) in [4.78, 5) is 14.7. The lowest BCUT2D eigenvalue weighted by Gasteiger charge is -2.14. The molecule has 3 rings (SSSR count). The Bertz CT molecular complexity index is 1250. The molecule has 0 amide bonds. The molecule has 0 bridgehead atoms. The maximum atomic E-state index is 13.0. The highest BCUT2D eigenvalue weighted by atomic mass is 35.5. The third-order valence-corrected chi connectivity index (χ3v) is 5.88. The number of benzene rings is 2. The zero-order valence-corrected chi connectivity index (χ0v) is 18.4. The number of nitrogens with one attached hydrogen (secondary N) is 1. The smallest absolute Gasteiger partial charge is 0.328 e. The van der Waals surface area contributed by atoms with E-state index < -0.39 is 16.0 Å². The van der Waals surface area contributed by atoms with Crippen LogP contribution in [-0.2, 0) is 21.4 Å². The molecule has 0 atom stereocenters. The lowest BCUT2D eigenvalue weighted by molar-refractivity contribution is -0.131. The summed E-state index contributed by atoms with van der Waals surface area (Å²) in [7, 11) is -2.73. The number of nitrogens with zero attached hydrogens (tertiary/aromatic N) is 1. The quantitative estimate of drug-likeness (QED) is 0.446. The van der Waals surface area contributed by atoms with Gasteiger partial charge in [0.2, 0.25) is 0 Å². The van der Waals surface area contributed by atoms with Gasteiger partial charge in [-0.2, -0.15) is 0 Å². The van der Waals surface area contributed by atoms with Gasteiger partial charge in [0.05, 0.1) is 23.5 Å². The van der Waals surface area contributed by atoms with Crippen molar-refractivity contribution in [1.82, 2.24) is 4.98 Å². The van der Waals surface area contributed by atoms with E-state index in [2.05, 4.69) is 9.71 Å². The molecular formula is C22H19ClN2O6S. The van der Waals surface area contributed by atoms with Crippen LogP contribution in [0, 0.1) is 0 Å². The second-order valence-electron chi connectivity index (χ2n) is 6.44. The molecule has 3 aromatic rings. The number of halogens is 1. The monoisotopic (exact) mass is 474 g/mol. The Labute approximate surface area is 190 Å². The summed E-state index contributed by atoms with van der Waals surface area (Å²) < 4.78 is 39.2. The average molecular weight is 475 g/mol. The SMILES string of the molecule is COc1ccc(/C=C/C(=O)O)cc1S(=O)(=O)Nc1ccc(OCc2ccccn2)c(Cl)c1. The van der Waals surface area contributed by atoms with Crippen molar-refractivity contribution in [2.45, 2.75) is 11.5 Å². The minimum absolute atomic E-state index is 0.103. The van der Waals surface area contributed by atoms with Crippen LogP contribution in [0.15, 0.2) is 71.8 Å². The first-order valence-electron chi connectivity index (χ1n) is 9.22. The van der Waals surface area contributed by atoms with E-state index in [1.807, 2.05) is 12.1 Å². The van der Waals surface area contributed by atoms with Crippen LogP contribution in [0.2, 0.25) is 5.02 Å². The van der Waals surface area contributed by atoms with Crippen molar-refractivity contribution in [3.8, 4) is 11.5 Å². The highest BCUT2D eigenvalue weighted by Gasteiger charge is 2.21. The third-order valence-electron chi connectivity index (χ3n) is 4.18. The van der Waals surface area contributed by atoms with Crippen LogP contribution >= 0.6 is 11.6 Å². The molecular weight excluding hydrogens is 456 g/mol. The Morgan fingerprint density at radius 2 is 1.94 bits per heavy atom. The van der Waals surface area contributed by atoms with Gasteiger partial charge in [0.15, 0.2) is 0 Å². The van der Waals surface area contributed by atoms with E-state index in [-0.39, 0.29) is 28.0 Å². The number of hydrogen-bond donors (Lipinski definition) is 2. The van der Waals surface area contributed by atoms with Gasteiger partial charge in [-0.25, -0.2) is 13.2 Å². The number of carboxylic acid groups (broad SMARTS) is 1. The first kappa shape index (κ1) is 23.1. The number of rotatable bonds is 9. The zero-order valence-electron chi connectivity index (χ0n) is 16.9. The minimum atomic E-state index is -4.07. The van der Waals surface area contributed by atoms with Gasteiger partial charge in [-0.15, -0.1) is 0 Å². The maximum absolute atomic E-state index is 13.0. The molecule has 2 N–H and O–H groups in total. The molecule has 1 heterocycles. The third kappa shape index (κ3) is 5.99. The number of carbonyl (C=O) groups is 1. The highest BCUT2D eigenvalue weighted by molar-refractivity contribution is 7.92. The van der Waals surface area contributed by atoms with E-state index in [1.165, 1.54) is 37.5 Å². The largest absolute Gasteiger partial charge is 0.495 e. The number of ether oxygens (including phenoxy) is 2. The summed E-state index contributed by atoms with van der Waals surface area (Å²) in [5.41, 5.74) is 1.32. The fourth-order valence-corrected chi connectivity index (χ4v) is 4.19. The summed E-state index contributed by atoms with van der Waals surface area (Å²) in [6, 6.07) is 14.2. The molecule has 2 aromatic carbocycles. The Morgan fingerprint density at radius 1 is 1.16 bits per heavy atom. The van der Waals surface area contributed by atoms with Gasteiger partial charge in [0.25, 0.3) is 10.0 Å². The summed E-state index contributed by atoms with van der Waals surface area (Å²) in [6.45, 7) is 0.208. The Balaban J connectivity index is 1.81. The van der Waals surface area contributed by atoms with Crippen LogP contribution in [0.3, 0.4) is 0 Å². The Kier molecular flexibility index (Phi) is 7.34. The van der Waals surface area contributed by atoms with Crippen molar-refractivity contribution in [3.63, 3.8) is 0 Å². The van der Waals surface area contributed by atoms with Crippen molar-refractivity contribution < 1.29 is 27.8 Å². The molecule has 0 radical (unpaired) electrons. The maximum Gasteiger partial charge on any atom is 0.328 e. The molecule has 0 saturated heterocycles. The molecule has 0 unspecified atom stereocenters. The van der Waals surface area contributed by atoms with E-state index in [4.69, 9.17) is 26.2 Å². The topological polar surface area (TPSA) is 115 Å². The van der Waals surface area contributed by atoms with Crippen LogP contribution in [0.5, 0.6) is 11.5 Å². The van der Waals surface area contributed by atoms with Gasteiger partial charge in [-0.3, -0.25) is 9.71 Å². The minimum Gasteiger partial charge on any atom is -0.495 e. The number of pyridine rings is 1. The Morgan fingerprint density at radius 3 is 2.59 bits per heavy atom. The molecule has 0 fully saturated rings. The van der Waals surface area contributed by atoms with Crippen LogP contribution in [0.4, 0.5) is 5.69 Å². The van der Waals surface area contributed by atoms with E-state index in [1.54, 1.807) is 24.4 Å². The van der Waals surface area contributed by atoms with Crippen LogP contribution < -0.4 is 14.2 Å². The zero-order chi connectivity index (χ0) is 23.1. The predicted octanol–water partition coefficient (Wildman–Crippen LogP) is 4.22. The fraction of sp³-hybridized carbons (Fsp3) is 0.0909. The number of carboxylic acids is 1. The molecule has 32 heavy (non-hydrogen) atoms. The number of hydrogen-bond acceptors (Lipinski definition) is 6. The number of methoxy groups -OCH3 is 1. The molecule has 166 valence electrons. The summed E-state index contributed by atoms with van der Waals surface area (Å²) in [5, 5.41) is 9.00. The number of aromatic nitrogens is 1. The second kappa shape index (κ2) is 10.2. The van der Waals surface area contributed by atoms with Crippen molar-refractivity contribution >= 4 is 39.4 Å². The first-order chi connectivity index (χ1) is 15.3. The summed E-state index contributed by atoms with van der Waals surface area (Å²) in [6.07, 6.45) is 3.85. The molecule has 8 nitrogen and oxygen atoms in total. The second-order valence-corrected chi connectivity index (χ2v) is 8.50. The van der Waals surface area contributed by atoms with Crippen molar-refractivity contribution in [3.05, 3.63) is 83.2 Å². The van der Waals surface area contributed by atoms with Gasteiger partial charge < -0.3 is 14.6 Å². The predicted molar refractivity (Wildman–Crippen MR) is 120 cm³/mol. The molecule has 10 heteroatoms. The van der Waals surface area contributed by atoms with Crippen LogP contribution in [0.1, 0.15) is 11.3 Å². The fourth-order valence-electron chi connectivity index (χ4n) is 2.70. The van der Waals surface area contributed by atoms with Gasteiger partial charge in [0.1, 0.15) is 23.0 Å². The normalized spacial score (nSPS) is 11.3. The highest BCUT2D eigenvalue weighted by Crippen LogP contribution is 2.31. The van der Waals surface area contributed by atoms with Gasteiger partial charge >= 0.3 is 5.97 Å². The van der Waals surface area contributed by atoms with Gasteiger partial charge in [0, 0.05) is 12.3 Å². The Hall–Kier alpha value is -3.56. The number of aliphatic carboxylic acids is 1. The molecule has 0 aliphatic carbocycles. The van der Waals surface area contributed by atoms with Gasteiger partial charge in [-0.05, 0) is 54.1 Å². The molecule has 0 spiro atoms. The molecule has 1 aromatic heterocycles. The molecule has 0 saturated carbocycles. The van der Waals surface area contributed by atoms with E-state index in [0.717, 1.165) is 11.8 Å². The van der Waals surface area contributed by atoms with Crippen molar-refractivity contribution in [1.29, 1.82) is 0 Å². The summed E-state index contributed by atoms with van der Waals surface area (Å²) >= 11 is 6.26. The summed E-state index contributed by atoms with van der Waals surface area (Å²) in [5.74, 6) is -0.673. The number of sulfonamides is 1. The van der Waals surface area contributed by atoms with Crippen molar-refractivity contribution in [2.75, 3.05) is 11.8 Å². The van der Waals surface area contributed by atoms with Crippen molar-refractivity contribution in [2.24, 2.45) is 0 Å². The molecule has 0 aliphatic rings. The lowest BCUT2D eigenvalue weighted by Crippen LogP contribution is -2.14. The van der Waals surface area contributed by atoms with E-state index in [9.17, 15) is 13.2 Å². The standard InChI is InChI=1S/C22H19ClN2O6S/c1-30-20-8-5-15(6-10-22(26)27)12-21(20)32(28,29)25-16-7-9-19(18(23)13-16)31-14-17-4-2-3-11-24-17/h2-13,25H,14H2,1H3,(H,26,27)/b10-6+. The lowest BCUT2D eigenvalue weighted by atomic mass is 10.2. The molecule has 0 aliphatic heterocycles.